The van der Waals surface area contributed by atoms with Gasteiger partial charge in [0.15, 0.2) is 0 Å². The number of thiazole rings is 1. The molecule has 9 heteroatoms. The minimum Gasteiger partial charge on any atom is -0.476 e. The van der Waals surface area contributed by atoms with Crippen LogP contribution in [0.15, 0.2) is 18.0 Å². The molecule has 0 aliphatic carbocycles. The number of ether oxygens (including phenoxy) is 1. The Balaban J connectivity index is 2.24. The van der Waals surface area contributed by atoms with Crippen LogP contribution in [0.1, 0.15) is 4.88 Å². The Morgan fingerprint density at radius 2 is 2.39 bits per heavy atom. The van der Waals surface area contributed by atoms with Crippen LogP contribution in [0.2, 0.25) is 0 Å². The van der Waals surface area contributed by atoms with Gasteiger partial charge in [-0.3, -0.25) is 15.1 Å². The zero-order valence-corrected chi connectivity index (χ0v) is 10.2. The number of rotatable bonds is 5. The van der Waals surface area contributed by atoms with Gasteiger partial charge in [0.1, 0.15) is 6.33 Å². The molecule has 8 nitrogen and oxygen atoms in total. The van der Waals surface area contributed by atoms with Crippen LogP contribution in [0, 0.1) is 10.1 Å². The van der Waals surface area contributed by atoms with Crippen molar-refractivity contribution in [1.29, 1.82) is 0 Å². The fourth-order valence-corrected chi connectivity index (χ4v) is 1.84. The number of hydrogen-bond donors (Lipinski definition) is 1. The van der Waals surface area contributed by atoms with Gasteiger partial charge in [-0.2, -0.15) is 4.98 Å². The lowest BCUT2D eigenvalue weighted by molar-refractivity contribution is -0.385. The van der Waals surface area contributed by atoms with Gasteiger partial charge in [-0.25, -0.2) is 4.98 Å². The van der Waals surface area contributed by atoms with Gasteiger partial charge in [-0.05, 0) is 0 Å². The van der Waals surface area contributed by atoms with Crippen molar-refractivity contribution in [3.63, 3.8) is 0 Å². The van der Waals surface area contributed by atoms with E-state index in [1.807, 2.05) is 0 Å². The van der Waals surface area contributed by atoms with E-state index in [0.717, 1.165) is 4.88 Å². The average molecular weight is 267 g/mol. The molecule has 18 heavy (non-hydrogen) atoms. The Morgan fingerprint density at radius 1 is 1.56 bits per heavy atom. The Bertz CT molecular complexity index is 545. The molecule has 0 aliphatic rings. The summed E-state index contributed by atoms with van der Waals surface area (Å²) >= 11 is 1.45. The summed E-state index contributed by atoms with van der Waals surface area (Å²) in [5.74, 6) is 0.0575. The van der Waals surface area contributed by atoms with Crippen LogP contribution in [0.3, 0.4) is 0 Å². The van der Waals surface area contributed by atoms with Crippen molar-refractivity contribution in [3.05, 3.63) is 33.0 Å². The van der Waals surface area contributed by atoms with E-state index in [1.165, 1.54) is 24.8 Å². The molecule has 2 aromatic heterocycles. The largest absolute Gasteiger partial charge is 0.476 e. The number of aromatic nitrogens is 3. The summed E-state index contributed by atoms with van der Waals surface area (Å²) in [6, 6.07) is 0. The first kappa shape index (κ1) is 12.2. The van der Waals surface area contributed by atoms with Crippen LogP contribution < -0.4 is 10.1 Å². The first-order chi connectivity index (χ1) is 8.72. The molecule has 1 N–H and O–H groups in total. The van der Waals surface area contributed by atoms with Crippen LogP contribution in [-0.2, 0) is 6.54 Å². The lowest BCUT2D eigenvalue weighted by Crippen LogP contribution is -2.06. The number of nitrogens with one attached hydrogen (secondary N) is 1. The van der Waals surface area contributed by atoms with Crippen LogP contribution in [0.5, 0.6) is 5.88 Å². The summed E-state index contributed by atoms with van der Waals surface area (Å²) in [4.78, 5) is 22.8. The third-order valence-corrected chi connectivity index (χ3v) is 2.86. The second-order valence-electron chi connectivity index (χ2n) is 3.16. The summed E-state index contributed by atoms with van der Waals surface area (Å²) < 4.78 is 4.84. The fourth-order valence-electron chi connectivity index (χ4n) is 1.31. The SMILES string of the molecule is COc1ncnc(NCc2cncs2)c1[N+](=O)[O-]. The zero-order chi connectivity index (χ0) is 13.0. The molecule has 0 fully saturated rings. The molecule has 0 atom stereocenters. The van der Waals surface area contributed by atoms with Gasteiger partial charge in [-0.15, -0.1) is 11.3 Å². The van der Waals surface area contributed by atoms with Crippen molar-refractivity contribution in [1.82, 2.24) is 15.0 Å². The molecule has 0 amide bonds. The van der Waals surface area contributed by atoms with Crippen LogP contribution in [-0.4, -0.2) is 27.0 Å². The smallest absolute Gasteiger partial charge is 0.372 e. The molecule has 0 bridgehead atoms. The monoisotopic (exact) mass is 267 g/mol. The van der Waals surface area contributed by atoms with Gasteiger partial charge in [-0.1, -0.05) is 0 Å². The van der Waals surface area contributed by atoms with Gasteiger partial charge >= 0.3 is 5.69 Å². The van der Waals surface area contributed by atoms with Gasteiger partial charge in [0, 0.05) is 11.1 Å². The van der Waals surface area contributed by atoms with Crippen LogP contribution in [0.4, 0.5) is 11.5 Å². The Morgan fingerprint density at radius 3 is 3.00 bits per heavy atom. The fraction of sp³-hybridized carbons (Fsp3) is 0.222. The Labute approximate surface area is 106 Å². The lowest BCUT2D eigenvalue weighted by Gasteiger charge is -2.06. The maximum absolute atomic E-state index is 11.0. The molecule has 2 heterocycles. The molecular formula is C9H9N5O3S. The minimum atomic E-state index is -0.576. The van der Waals surface area contributed by atoms with Gasteiger partial charge in [0.05, 0.1) is 24.1 Å². The van der Waals surface area contributed by atoms with Crippen LogP contribution >= 0.6 is 11.3 Å². The Hall–Kier alpha value is -2.29. The molecule has 0 saturated carbocycles. The molecule has 0 radical (unpaired) electrons. The first-order valence-electron chi connectivity index (χ1n) is 4.87. The second-order valence-corrected chi connectivity index (χ2v) is 4.13. The van der Waals surface area contributed by atoms with E-state index < -0.39 is 4.92 Å². The summed E-state index contributed by atoms with van der Waals surface area (Å²) in [6.07, 6.45) is 2.89. The van der Waals surface area contributed by atoms with Crippen molar-refractivity contribution < 1.29 is 9.66 Å². The molecule has 0 spiro atoms. The first-order valence-corrected chi connectivity index (χ1v) is 5.75. The van der Waals surface area contributed by atoms with E-state index >= 15 is 0 Å². The van der Waals surface area contributed by atoms with Crippen molar-refractivity contribution in [2.75, 3.05) is 12.4 Å². The van der Waals surface area contributed by atoms with E-state index in [1.54, 1.807) is 11.7 Å². The quantitative estimate of drug-likeness (QED) is 0.646. The second kappa shape index (κ2) is 5.36. The van der Waals surface area contributed by atoms with Crippen molar-refractivity contribution in [2.24, 2.45) is 0 Å². The standard InChI is InChI=1S/C9H9N5O3S/c1-17-9-7(14(15)16)8(12-4-13-9)11-3-6-2-10-5-18-6/h2,4-5H,3H2,1H3,(H,11,12,13). The highest BCUT2D eigenvalue weighted by molar-refractivity contribution is 7.09. The molecule has 94 valence electrons. The highest BCUT2D eigenvalue weighted by atomic mass is 32.1. The molecule has 0 aliphatic heterocycles. The number of nitro groups is 1. The number of anilines is 1. The topological polar surface area (TPSA) is 103 Å². The van der Waals surface area contributed by atoms with E-state index in [2.05, 4.69) is 20.3 Å². The van der Waals surface area contributed by atoms with Gasteiger partial charge in [0.2, 0.25) is 5.82 Å². The summed E-state index contributed by atoms with van der Waals surface area (Å²) in [6.45, 7) is 0.408. The molecule has 0 unspecified atom stereocenters. The third kappa shape index (κ3) is 2.51. The van der Waals surface area contributed by atoms with Crippen LogP contribution in [0.25, 0.3) is 0 Å². The van der Waals surface area contributed by atoms with E-state index in [4.69, 9.17) is 4.74 Å². The Kier molecular flexibility index (Phi) is 3.63. The van der Waals surface area contributed by atoms with Gasteiger partial charge < -0.3 is 10.1 Å². The number of hydrogen-bond acceptors (Lipinski definition) is 8. The summed E-state index contributed by atoms with van der Waals surface area (Å²) in [7, 11) is 1.32. The number of nitrogens with zero attached hydrogens (tertiary/aromatic N) is 4. The van der Waals surface area contributed by atoms with E-state index in [0.29, 0.717) is 6.54 Å². The highest BCUT2D eigenvalue weighted by Gasteiger charge is 2.23. The van der Waals surface area contributed by atoms with E-state index in [-0.39, 0.29) is 17.4 Å². The summed E-state index contributed by atoms with van der Waals surface area (Å²) in [5, 5.41) is 13.8. The third-order valence-electron chi connectivity index (χ3n) is 2.08. The minimum absolute atomic E-state index is 0.0678. The predicted octanol–water partition coefficient (Wildman–Crippen LogP) is 1.46. The number of methoxy groups -OCH3 is 1. The zero-order valence-electron chi connectivity index (χ0n) is 9.36. The molecule has 0 aromatic carbocycles. The highest BCUT2D eigenvalue weighted by Crippen LogP contribution is 2.30. The predicted molar refractivity (Wildman–Crippen MR) is 64.7 cm³/mol. The molecule has 2 aromatic rings. The maximum Gasteiger partial charge on any atom is 0.372 e. The molecule has 2 rings (SSSR count). The van der Waals surface area contributed by atoms with E-state index in [9.17, 15) is 10.1 Å². The van der Waals surface area contributed by atoms with Gasteiger partial charge in [0.25, 0.3) is 5.88 Å². The normalized spacial score (nSPS) is 10.1. The average Bonchev–Trinajstić information content (AvgIpc) is 2.88. The van der Waals surface area contributed by atoms with Crippen molar-refractivity contribution in [3.8, 4) is 5.88 Å². The van der Waals surface area contributed by atoms with Crippen molar-refractivity contribution >= 4 is 22.8 Å². The maximum atomic E-state index is 11.0. The molecule has 0 saturated heterocycles. The summed E-state index contributed by atoms with van der Waals surface area (Å²) in [5.41, 5.74) is 1.41. The molecular weight excluding hydrogens is 258 g/mol. The lowest BCUT2D eigenvalue weighted by atomic mass is 10.4. The van der Waals surface area contributed by atoms with Crippen molar-refractivity contribution in [2.45, 2.75) is 6.54 Å².